The molecule has 0 aliphatic rings. The number of nitrogens with one attached hydrogen (secondary N) is 1. The Labute approximate surface area is 176 Å². The summed E-state index contributed by atoms with van der Waals surface area (Å²) in [5.41, 5.74) is 2.62. The van der Waals surface area contributed by atoms with Crippen molar-refractivity contribution in [3.63, 3.8) is 0 Å². The van der Waals surface area contributed by atoms with Crippen LogP contribution in [-0.4, -0.2) is 43.0 Å². The van der Waals surface area contributed by atoms with E-state index in [9.17, 15) is 4.79 Å². The van der Waals surface area contributed by atoms with Crippen LogP contribution < -0.4 is 19.5 Å². The number of carbonyl (C=O) groups excluding carboxylic acids is 1. The normalized spacial score (nSPS) is 10.3. The monoisotopic (exact) mass is 407 g/mol. The van der Waals surface area contributed by atoms with Crippen LogP contribution in [0.5, 0.6) is 17.4 Å². The zero-order chi connectivity index (χ0) is 21.2. The van der Waals surface area contributed by atoms with Crippen molar-refractivity contribution in [2.45, 2.75) is 13.3 Å². The van der Waals surface area contributed by atoms with E-state index in [1.807, 2.05) is 61.5 Å². The topological polar surface area (TPSA) is 82.6 Å². The van der Waals surface area contributed by atoms with E-state index in [0.717, 1.165) is 28.3 Å². The summed E-state index contributed by atoms with van der Waals surface area (Å²) in [7, 11) is 1.61. The largest absolute Gasteiger partial charge is 0.497 e. The van der Waals surface area contributed by atoms with Crippen LogP contribution in [0.3, 0.4) is 0 Å². The smallest absolute Gasteiger partial charge is 0.233 e. The summed E-state index contributed by atoms with van der Waals surface area (Å²) in [5.74, 6) is 1.93. The van der Waals surface area contributed by atoms with Gasteiger partial charge in [0.1, 0.15) is 18.1 Å². The second-order valence-corrected chi connectivity index (χ2v) is 6.44. The van der Waals surface area contributed by atoms with Crippen molar-refractivity contribution in [3.05, 3.63) is 66.2 Å². The average Bonchev–Trinajstić information content (AvgIpc) is 2.78. The molecule has 0 aliphatic carbocycles. The first-order valence-electron chi connectivity index (χ1n) is 9.77. The number of aromatic nitrogens is 2. The lowest BCUT2D eigenvalue weighted by atomic mass is 10.1. The summed E-state index contributed by atoms with van der Waals surface area (Å²) < 4.78 is 16.1. The number of methoxy groups -OCH3 is 1. The molecule has 0 saturated carbocycles. The molecular weight excluding hydrogens is 382 g/mol. The van der Waals surface area contributed by atoms with Crippen molar-refractivity contribution in [1.82, 2.24) is 15.5 Å². The SMILES string of the molecule is CCOc1ccc(-c2ccc(OCCNC(=O)Cc3ccc(OC)cc3)nn2)cc1. The highest BCUT2D eigenvalue weighted by Gasteiger charge is 2.05. The number of nitrogens with zero attached hydrogens (tertiary/aromatic N) is 2. The van der Waals surface area contributed by atoms with Gasteiger partial charge in [-0.15, -0.1) is 10.2 Å². The van der Waals surface area contributed by atoms with E-state index in [1.54, 1.807) is 13.2 Å². The molecule has 7 heteroatoms. The molecule has 0 bridgehead atoms. The van der Waals surface area contributed by atoms with Gasteiger partial charge in [0.25, 0.3) is 0 Å². The fraction of sp³-hybridized carbons (Fsp3) is 0.261. The summed E-state index contributed by atoms with van der Waals surface area (Å²) in [4.78, 5) is 12.0. The molecule has 0 aliphatic heterocycles. The summed E-state index contributed by atoms with van der Waals surface area (Å²) >= 11 is 0. The zero-order valence-corrected chi connectivity index (χ0v) is 17.1. The maximum absolute atomic E-state index is 12.0. The fourth-order valence-corrected chi connectivity index (χ4v) is 2.78. The predicted molar refractivity (Wildman–Crippen MR) is 114 cm³/mol. The van der Waals surface area contributed by atoms with E-state index in [2.05, 4.69) is 15.5 Å². The Morgan fingerprint density at radius 3 is 2.27 bits per heavy atom. The van der Waals surface area contributed by atoms with E-state index in [0.29, 0.717) is 32.1 Å². The number of rotatable bonds is 10. The molecular formula is C23H25N3O4. The lowest BCUT2D eigenvalue weighted by Crippen LogP contribution is -2.29. The Balaban J connectivity index is 1.41. The number of amides is 1. The molecule has 1 amide bonds. The van der Waals surface area contributed by atoms with Gasteiger partial charge in [-0.25, -0.2) is 0 Å². The van der Waals surface area contributed by atoms with E-state index >= 15 is 0 Å². The van der Waals surface area contributed by atoms with Crippen LogP contribution in [-0.2, 0) is 11.2 Å². The minimum atomic E-state index is -0.0688. The minimum absolute atomic E-state index is 0.0688. The lowest BCUT2D eigenvalue weighted by molar-refractivity contribution is -0.120. The second kappa shape index (κ2) is 10.8. The lowest BCUT2D eigenvalue weighted by Gasteiger charge is -2.08. The van der Waals surface area contributed by atoms with Gasteiger partial charge in [0.15, 0.2) is 0 Å². The summed E-state index contributed by atoms with van der Waals surface area (Å²) in [6.45, 7) is 3.28. The molecule has 3 aromatic rings. The Morgan fingerprint density at radius 2 is 1.63 bits per heavy atom. The van der Waals surface area contributed by atoms with Crippen molar-refractivity contribution in [2.75, 3.05) is 26.9 Å². The van der Waals surface area contributed by atoms with Crippen LogP contribution in [0.2, 0.25) is 0 Å². The van der Waals surface area contributed by atoms with Gasteiger partial charge in [-0.3, -0.25) is 4.79 Å². The highest BCUT2D eigenvalue weighted by atomic mass is 16.5. The Morgan fingerprint density at radius 1 is 0.900 bits per heavy atom. The molecule has 0 fully saturated rings. The molecule has 0 radical (unpaired) electrons. The molecule has 1 N–H and O–H groups in total. The minimum Gasteiger partial charge on any atom is -0.497 e. The molecule has 2 aromatic carbocycles. The molecule has 156 valence electrons. The summed E-state index contributed by atoms with van der Waals surface area (Å²) in [6, 6.07) is 18.7. The van der Waals surface area contributed by atoms with Gasteiger partial charge in [0, 0.05) is 11.6 Å². The Hall–Kier alpha value is -3.61. The molecule has 0 saturated heterocycles. The van der Waals surface area contributed by atoms with Gasteiger partial charge in [-0.1, -0.05) is 12.1 Å². The van der Waals surface area contributed by atoms with E-state index < -0.39 is 0 Å². The predicted octanol–water partition coefficient (Wildman–Crippen LogP) is 3.29. The van der Waals surface area contributed by atoms with E-state index in [-0.39, 0.29) is 5.91 Å². The molecule has 0 spiro atoms. The third-order valence-corrected chi connectivity index (χ3v) is 4.30. The van der Waals surface area contributed by atoms with Gasteiger partial charge >= 0.3 is 0 Å². The molecule has 3 rings (SSSR count). The maximum Gasteiger partial charge on any atom is 0.233 e. The van der Waals surface area contributed by atoms with Gasteiger partial charge in [-0.2, -0.15) is 0 Å². The van der Waals surface area contributed by atoms with Crippen LogP contribution in [0.25, 0.3) is 11.3 Å². The third-order valence-electron chi connectivity index (χ3n) is 4.30. The zero-order valence-electron chi connectivity index (χ0n) is 17.1. The number of hydrogen-bond donors (Lipinski definition) is 1. The molecule has 0 atom stereocenters. The van der Waals surface area contributed by atoms with Gasteiger partial charge in [0.05, 0.1) is 32.4 Å². The van der Waals surface area contributed by atoms with Gasteiger partial charge in [-0.05, 0) is 55.0 Å². The fourth-order valence-electron chi connectivity index (χ4n) is 2.78. The van der Waals surface area contributed by atoms with Crippen LogP contribution in [0, 0.1) is 0 Å². The first-order valence-corrected chi connectivity index (χ1v) is 9.77. The quantitative estimate of drug-likeness (QED) is 0.520. The van der Waals surface area contributed by atoms with Crippen molar-refractivity contribution in [2.24, 2.45) is 0 Å². The Kier molecular flexibility index (Phi) is 7.60. The van der Waals surface area contributed by atoms with Gasteiger partial charge in [0.2, 0.25) is 11.8 Å². The molecule has 7 nitrogen and oxygen atoms in total. The standard InChI is InChI=1S/C23H25N3O4/c1-3-29-20-10-6-18(7-11-20)21-12-13-23(26-25-21)30-15-14-24-22(27)16-17-4-8-19(28-2)9-5-17/h4-13H,3,14-16H2,1-2H3,(H,24,27). The third kappa shape index (κ3) is 6.20. The van der Waals surface area contributed by atoms with Gasteiger partial charge < -0.3 is 19.5 Å². The number of hydrogen-bond acceptors (Lipinski definition) is 6. The molecule has 1 aromatic heterocycles. The highest BCUT2D eigenvalue weighted by molar-refractivity contribution is 5.78. The van der Waals surface area contributed by atoms with Crippen LogP contribution in [0.15, 0.2) is 60.7 Å². The van der Waals surface area contributed by atoms with E-state index in [1.165, 1.54) is 0 Å². The van der Waals surface area contributed by atoms with Crippen LogP contribution in [0.4, 0.5) is 0 Å². The van der Waals surface area contributed by atoms with Crippen molar-refractivity contribution < 1.29 is 19.0 Å². The second-order valence-electron chi connectivity index (χ2n) is 6.44. The number of benzene rings is 2. The molecule has 1 heterocycles. The van der Waals surface area contributed by atoms with Crippen molar-refractivity contribution >= 4 is 5.91 Å². The summed E-state index contributed by atoms with van der Waals surface area (Å²) in [5, 5.41) is 11.1. The van der Waals surface area contributed by atoms with Crippen molar-refractivity contribution in [3.8, 4) is 28.6 Å². The van der Waals surface area contributed by atoms with Crippen LogP contribution in [0.1, 0.15) is 12.5 Å². The number of carbonyl (C=O) groups is 1. The van der Waals surface area contributed by atoms with E-state index in [4.69, 9.17) is 14.2 Å². The summed E-state index contributed by atoms with van der Waals surface area (Å²) in [6.07, 6.45) is 0.306. The molecule has 30 heavy (non-hydrogen) atoms. The first-order chi connectivity index (χ1) is 14.7. The van der Waals surface area contributed by atoms with Crippen molar-refractivity contribution in [1.29, 1.82) is 0 Å². The first kappa shape index (κ1) is 21.1. The number of ether oxygens (including phenoxy) is 3. The Bertz CT molecular complexity index is 926. The van der Waals surface area contributed by atoms with Crippen LogP contribution >= 0.6 is 0 Å². The highest BCUT2D eigenvalue weighted by Crippen LogP contribution is 2.21. The average molecular weight is 407 g/mol. The maximum atomic E-state index is 12.0. The molecule has 0 unspecified atom stereocenters.